The van der Waals surface area contributed by atoms with Gasteiger partial charge in [0.15, 0.2) is 0 Å². The number of carbonyl (C=O) groups is 1. The highest BCUT2D eigenvalue weighted by Crippen LogP contribution is 2.34. The second-order valence-electron chi connectivity index (χ2n) is 7.86. The summed E-state index contributed by atoms with van der Waals surface area (Å²) in [7, 11) is 0. The first-order chi connectivity index (χ1) is 9.04. The Hall–Kier alpha value is -0.610. The van der Waals surface area contributed by atoms with Crippen LogP contribution in [0.3, 0.4) is 0 Å². The number of rotatable bonds is 4. The molecule has 0 aliphatic carbocycles. The van der Waals surface area contributed by atoms with E-state index in [-0.39, 0.29) is 0 Å². The predicted molar refractivity (Wildman–Crippen MR) is 84.2 cm³/mol. The highest BCUT2D eigenvalue weighted by Gasteiger charge is 2.32. The summed E-state index contributed by atoms with van der Waals surface area (Å²) in [5.41, 5.74) is 10.9. The van der Waals surface area contributed by atoms with Crippen molar-refractivity contribution in [2.75, 3.05) is 13.1 Å². The number of carbonyl (C=O) groups excluding carboxylic acids is 1. The molecule has 1 amide bonds. The molecule has 0 spiro atoms. The monoisotopic (exact) mass is 283 g/mol. The van der Waals surface area contributed by atoms with Gasteiger partial charge in [0, 0.05) is 6.04 Å². The topological polar surface area (TPSA) is 72.3 Å². The number of hydrogen-bond donors (Lipinski definition) is 2. The van der Waals surface area contributed by atoms with Crippen molar-refractivity contribution >= 4 is 5.91 Å². The molecule has 20 heavy (non-hydrogen) atoms. The zero-order chi connectivity index (χ0) is 15.6. The lowest BCUT2D eigenvalue weighted by atomic mass is 9.77. The van der Waals surface area contributed by atoms with Gasteiger partial charge in [-0.25, -0.2) is 0 Å². The Labute approximate surface area is 124 Å². The smallest absolute Gasteiger partial charge is 0.237 e. The molecule has 1 rings (SSSR count). The van der Waals surface area contributed by atoms with Crippen molar-refractivity contribution in [3.05, 3.63) is 0 Å². The third-order valence-electron chi connectivity index (χ3n) is 4.89. The lowest BCUT2D eigenvalue weighted by Gasteiger charge is -2.33. The molecule has 0 radical (unpaired) electrons. The molecule has 4 heteroatoms. The number of primary amides is 1. The molecule has 1 fully saturated rings. The minimum Gasteiger partial charge on any atom is -0.368 e. The lowest BCUT2D eigenvalue weighted by molar-refractivity contribution is -0.123. The molecule has 0 aromatic carbocycles. The summed E-state index contributed by atoms with van der Waals surface area (Å²) in [5, 5.41) is 0. The van der Waals surface area contributed by atoms with Crippen LogP contribution in [-0.4, -0.2) is 35.5 Å². The highest BCUT2D eigenvalue weighted by molar-refractivity contribution is 5.83. The molecule has 0 bridgehead atoms. The van der Waals surface area contributed by atoms with Crippen LogP contribution < -0.4 is 11.5 Å². The quantitative estimate of drug-likeness (QED) is 0.830. The van der Waals surface area contributed by atoms with Crippen LogP contribution in [0.4, 0.5) is 0 Å². The maximum absolute atomic E-state index is 11.4. The second-order valence-corrected chi connectivity index (χ2v) is 7.86. The van der Waals surface area contributed by atoms with Crippen LogP contribution in [0.5, 0.6) is 0 Å². The van der Waals surface area contributed by atoms with Gasteiger partial charge in [-0.2, -0.15) is 0 Å². The molecule has 3 unspecified atom stereocenters. The molecule has 0 aromatic heterocycles. The largest absolute Gasteiger partial charge is 0.368 e. The van der Waals surface area contributed by atoms with E-state index >= 15 is 0 Å². The Balaban J connectivity index is 2.59. The van der Waals surface area contributed by atoms with Crippen molar-refractivity contribution in [3.63, 3.8) is 0 Å². The van der Waals surface area contributed by atoms with Crippen molar-refractivity contribution < 1.29 is 4.79 Å². The maximum atomic E-state index is 11.4. The Morgan fingerprint density at radius 1 is 1.25 bits per heavy atom. The van der Waals surface area contributed by atoms with Gasteiger partial charge in [-0.1, -0.05) is 20.8 Å². The highest BCUT2D eigenvalue weighted by atomic mass is 16.1. The summed E-state index contributed by atoms with van der Waals surface area (Å²) in [6, 6.07) is 0.302. The molecule has 0 saturated carbocycles. The molecule has 1 aliphatic rings. The Morgan fingerprint density at radius 2 is 1.85 bits per heavy atom. The zero-order valence-corrected chi connectivity index (χ0v) is 13.9. The van der Waals surface area contributed by atoms with Crippen LogP contribution in [0.15, 0.2) is 0 Å². The zero-order valence-electron chi connectivity index (χ0n) is 13.9. The molecule has 1 saturated heterocycles. The number of amides is 1. The average molecular weight is 283 g/mol. The summed E-state index contributed by atoms with van der Waals surface area (Å²) in [5.74, 6) is 0.367. The first kappa shape index (κ1) is 17.4. The molecule has 1 heterocycles. The molecule has 4 N–H and O–H groups in total. The van der Waals surface area contributed by atoms with Crippen LogP contribution in [0, 0.1) is 11.3 Å². The molecule has 3 atom stereocenters. The fourth-order valence-electron chi connectivity index (χ4n) is 3.27. The Bertz CT molecular complexity index is 333. The minimum absolute atomic E-state index is 0.302. The molecule has 118 valence electrons. The fourth-order valence-corrected chi connectivity index (χ4v) is 3.27. The third-order valence-corrected chi connectivity index (χ3v) is 4.89. The van der Waals surface area contributed by atoms with Crippen LogP contribution in [-0.2, 0) is 4.79 Å². The van der Waals surface area contributed by atoms with E-state index in [1.54, 1.807) is 6.92 Å². The molecule has 4 nitrogen and oxygen atoms in total. The molecule has 1 aliphatic heterocycles. The summed E-state index contributed by atoms with van der Waals surface area (Å²) in [6.45, 7) is 13.1. The Morgan fingerprint density at radius 3 is 2.35 bits per heavy atom. The van der Waals surface area contributed by atoms with Gasteiger partial charge in [0.1, 0.15) is 0 Å². The van der Waals surface area contributed by atoms with Crippen LogP contribution in [0.1, 0.15) is 60.3 Å². The van der Waals surface area contributed by atoms with E-state index in [9.17, 15) is 4.79 Å². The summed E-state index contributed by atoms with van der Waals surface area (Å²) >= 11 is 0. The van der Waals surface area contributed by atoms with Gasteiger partial charge < -0.3 is 16.4 Å². The van der Waals surface area contributed by atoms with Gasteiger partial charge >= 0.3 is 0 Å². The third kappa shape index (κ3) is 4.74. The van der Waals surface area contributed by atoms with Gasteiger partial charge in [0.2, 0.25) is 5.91 Å². The molecular weight excluding hydrogens is 250 g/mol. The Kier molecular flexibility index (Phi) is 5.61. The van der Waals surface area contributed by atoms with Crippen molar-refractivity contribution in [1.82, 2.24) is 4.90 Å². The normalized spacial score (nSPS) is 26.6. The van der Waals surface area contributed by atoms with Crippen molar-refractivity contribution in [2.45, 2.75) is 71.9 Å². The number of nitrogens with two attached hydrogens (primary N) is 2. The lowest BCUT2D eigenvalue weighted by Crippen LogP contribution is -2.53. The van der Waals surface area contributed by atoms with Crippen LogP contribution in [0.25, 0.3) is 0 Å². The number of hydrogen-bond acceptors (Lipinski definition) is 3. The minimum atomic E-state index is -0.908. The SMILES string of the molecule is CC(CC(C)(N)C(N)=O)N1CCCC(C(C)(C)C)CC1. The van der Waals surface area contributed by atoms with E-state index in [1.165, 1.54) is 19.3 Å². The van der Waals surface area contributed by atoms with Gasteiger partial charge in [-0.05, 0) is 64.0 Å². The van der Waals surface area contributed by atoms with Crippen molar-refractivity contribution in [2.24, 2.45) is 22.8 Å². The van der Waals surface area contributed by atoms with E-state index < -0.39 is 11.4 Å². The number of nitrogens with zero attached hydrogens (tertiary/aromatic N) is 1. The van der Waals surface area contributed by atoms with E-state index in [4.69, 9.17) is 11.5 Å². The van der Waals surface area contributed by atoms with Gasteiger partial charge in [0.25, 0.3) is 0 Å². The summed E-state index contributed by atoms with van der Waals surface area (Å²) in [4.78, 5) is 13.8. The fraction of sp³-hybridized carbons (Fsp3) is 0.938. The van der Waals surface area contributed by atoms with Gasteiger partial charge in [-0.15, -0.1) is 0 Å². The van der Waals surface area contributed by atoms with Gasteiger partial charge in [-0.3, -0.25) is 4.79 Å². The van der Waals surface area contributed by atoms with Crippen LogP contribution >= 0.6 is 0 Å². The van der Waals surface area contributed by atoms with E-state index in [1.807, 2.05) is 0 Å². The summed E-state index contributed by atoms with van der Waals surface area (Å²) in [6.07, 6.45) is 4.38. The van der Waals surface area contributed by atoms with E-state index in [0.717, 1.165) is 19.0 Å². The summed E-state index contributed by atoms with van der Waals surface area (Å²) < 4.78 is 0. The average Bonchev–Trinajstić information content (AvgIpc) is 2.52. The molecule has 0 aromatic rings. The van der Waals surface area contributed by atoms with Gasteiger partial charge in [0.05, 0.1) is 5.54 Å². The maximum Gasteiger partial charge on any atom is 0.237 e. The van der Waals surface area contributed by atoms with Crippen LogP contribution in [0.2, 0.25) is 0 Å². The first-order valence-electron chi connectivity index (χ1n) is 7.87. The van der Waals surface area contributed by atoms with Crippen molar-refractivity contribution in [3.8, 4) is 0 Å². The predicted octanol–water partition coefficient (Wildman–Crippen LogP) is 2.12. The second kappa shape index (κ2) is 6.44. The molecular formula is C16H33N3O. The van der Waals surface area contributed by atoms with Crippen molar-refractivity contribution in [1.29, 1.82) is 0 Å². The first-order valence-corrected chi connectivity index (χ1v) is 7.87. The van der Waals surface area contributed by atoms with E-state index in [2.05, 4.69) is 32.6 Å². The van der Waals surface area contributed by atoms with E-state index in [0.29, 0.717) is 17.9 Å². The number of likely N-dealkylation sites (tertiary alicyclic amines) is 1. The standard InChI is InChI=1S/C16H33N3O/c1-12(11-16(5,18)14(17)20)19-9-6-7-13(8-10-19)15(2,3)4/h12-13H,6-11,18H2,1-5H3,(H2,17,20).